The molecule has 0 bridgehead atoms. The van der Waals surface area contributed by atoms with Crippen LogP contribution in [-0.2, 0) is 6.54 Å². The van der Waals surface area contributed by atoms with Gasteiger partial charge in [-0.1, -0.05) is 12.1 Å². The fourth-order valence-corrected chi connectivity index (χ4v) is 2.52. The fraction of sp³-hybridized carbons (Fsp3) is 0.105. The Kier molecular flexibility index (Phi) is 4.98. The molecule has 0 unspecified atom stereocenters. The summed E-state index contributed by atoms with van der Waals surface area (Å²) in [5.74, 6) is 0.551. The molecule has 1 amide bonds. The van der Waals surface area contributed by atoms with Gasteiger partial charge in [0.25, 0.3) is 5.91 Å². The molecule has 0 aliphatic rings. The number of ether oxygens (including phenoxy) is 1. The highest BCUT2D eigenvalue weighted by Gasteiger charge is 2.11. The number of hydrogen-bond acceptors (Lipinski definition) is 5. The molecule has 7 nitrogen and oxygen atoms in total. The Balaban J connectivity index is 1.74. The topological polar surface area (TPSA) is 117 Å². The van der Waals surface area contributed by atoms with E-state index in [0.717, 1.165) is 22.9 Å². The van der Waals surface area contributed by atoms with Gasteiger partial charge in [-0.2, -0.15) is 0 Å². The lowest BCUT2D eigenvalue weighted by Gasteiger charge is -2.05. The van der Waals surface area contributed by atoms with Crippen LogP contribution < -0.4 is 15.8 Å². The molecule has 0 spiro atoms. The van der Waals surface area contributed by atoms with E-state index in [-0.39, 0.29) is 5.91 Å². The molecule has 0 fully saturated rings. The minimum Gasteiger partial charge on any atom is -0.497 e. The van der Waals surface area contributed by atoms with Gasteiger partial charge in [0.15, 0.2) is 0 Å². The maximum atomic E-state index is 12.4. The van der Waals surface area contributed by atoms with Crippen molar-refractivity contribution in [1.29, 1.82) is 5.41 Å². The van der Waals surface area contributed by atoms with Crippen molar-refractivity contribution in [1.82, 2.24) is 15.3 Å². The molecule has 1 aromatic carbocycles. The molecule has 0 atom stereocenters. The molecule has 26 heavy (non-hydrogen) atoms. The smallest absolute Gasteiger partial charge is 0.268 e. The van der Waals surface area contributed by atoms with Gasteiger partial charge in [-0.15, -0.1) is 0 Å². The van der Waals surface area contributed by atoms with Gasteiger partial charge in [-0.05, 0) is 35.9 Å². The highest BCUT2D eigenvalue weighted by Crippen LogP contribution is 2.17. The average molecular weight is 349 g/mol. The predicted molar refractivity (Wildman–Crippen MR) is 101 cm³/mol. The number of aromatic nitrogens is 2. The van der Waals surface area contributed by atoms with Crippen LogP contribution in [-0.4, -0.2) is 29.2 Å². The summed E-state index contributed by atoms with van der Waals surface area (Å²) >= 11 is 0. The van der Waals surface area contributed by atoms with Crippen LogP contribution in [0.15, 0.2) is 48.7 Å². The molecule has 3 rings (SSSR count). The summed E-state index contributed by atoms with van der Waals surface area (Å²) in [6.07, 6.45) is 2.46. The lowest BCUT2D eigenvalue weighted by Crippen LogP contribution is -2.23. The van der Waals surface area contributed by atoms with Crippen LogP contribution in [0, 0.1) is 5.41 Å². The lowest BCUT2D eigenvalue weighted by molar-refractivity contribution is 0.0946. The molecule has 7 heteroatoms. The number of benzene rings is 1. The second kappa shape index (κ2) is 7.52. The summed E-state index contributed by atoms with van der Waals surface area (Å²) in [6.45, 7) is 0.407. The number of carbonyl (C=O) groups is 1. The number of nitrogens with zero attached hydrogens (tertiary/aromatic N) is 1. The summed E-state index contributed by atoms with van der Waals surface area (Å²) in [4.78, 5) is 19.8. The van der Waals surface area contributed by atoms with Gasteiger partial charge in [0.05, 0.1) is 12.8 Å². The molecule has 0 saturated heterocycles. The molecule has 3 aromatic rings. The molecular formula is C19H19N5O2. The van der Waals surface area contributed by atoms with E-state index >= 15 is 0 Å². The van der Waals surface area contributed by atoms with E-state index in [1.54, 1.807) is 19.2 Å². The van der Waals surface area contributed by atoms with Crippen LogP contribution in [0.3, 0.4) is 0 Å². The summed E-state index contributed by atoms with van der Waals surface area (Å²) in [7, 11) is 1.61. The van der Waals surface area contributed by atoms with Crippen molar-refractivity contribution in [3.63, 3.8) is 0 Å². The summed E-state index contributed by atoms with van der Waals surface area (Å²) in [6, 6.07) is 12.8. The van der Waals surface area contributed by atoms with Crippen molar-refractivity contribution in [2.75, 3.05) is 7.11 Å². The first-order valence-electron chi connectivity index (χ1n) is 7.98. The van der Waals surface area contributed by atoms with Crippen LogP contribution in [0.25, 0.3) is 16.6 Å². The number of pyridine rings is 1. The average Bonchev–Trinajstić information content (AvgIpc) is 3.11. The minimum absolute atomic E-state index is 0.220. The molecule has 5 N–H and O–H groups in total. The first-order chi connectivity index (χ1) is 12.6. The number of aromatic amines is 1. The van der Waals surface area contributed by atoms with Crippen LogP contribution in [0.1, 0.15) is 21.7 Å². The van der Waals surface area contributed by atoms with E-state index in [1.807, 2.05) is 30.3 Å². The second-order valence-electron chi connectivity index (χ2n) is 5.61. The highest BCUT2D eigenvalue weighted by molar-refractivity contribution is 6.08. The third-order valence-corrected chi connectivity index (χ3v) is 3.97. The van der Waals surface area contributed by atoms with Gasteiger partial charge in [0, 0.05) is 29.9 Å². The first kappa shape index (κ1) is 17.2. The van der Waals surface area contributed by atoms with Gasteiger partial charge in [0.2, 0.25) is 0 Å². The van der Waals surface area contributed by atoms with E-state index in [1.165, 1.54) is 6.20 Å². The number of hydrogen-bond donors (Lipinski definition) is 4. The lowest BCUT2D eigenvalue weighted by atomic mass is 10.2. The van der Waals surface area contributed by atoms with Crippen molar-refractivity contribution in [2.24, 2.45) is 5.73 Å². The maximum absolute atomic E-state index is 12.4. The van der Waals surface area contributed by atoms with Crippen molar-refractivity contribution in [3.8, 4) is 5.75 Å². The standard InChI is InChI=1S/C19H19N5O2/c1-26-15-5-2-12(3-6-15)11-22-19(25)17-8-13-4-7-16(14(9-20)10-21)23-18(13)24-17/h2-10,20H,11,21H2,1H3,(H,22,25)(H,23,24)/b14-10+,20-9?. The Labute approximate surface area is 150 Å². The molecular weight excluding hydrogens is 330 g/mol. The Morgan fingerprint density at radius 3 is 2.73 bits per heavy atom. The first-order valence-corrected chi connectivity index (χ1v) is 7.98. The normalized spacial score (nSPS) is 11.3. The Morgan fingerprint density at radius 2 is 2.08 bits per heavy atom. The molecule has 0 saturated carbocycles. The quantitative estimate of drug-likeness (QED) is 0.511. The molecule has 2 aromatic heterocycles. The number of fused-ring (bicyclic) bond motifs is 1. The van der Waals surface area contributed by atoms with Gasteiger partial charge >= 0.3 is 0 Å². The number of carbonyl (C=O) groups excluding carboxylic acids is 1. The zero-order valence-corrected chi connectivity index (χ0v) is 14.2. The number of methoxy groups -OCH3 is 1. The Bertz CT molecular complexity index is 973. The van der Waals surface area contributed by atoms with E-state index in [0.29, 0.717) is 29.2 Å². The molecule has 0 aliphatic carbocycles. The zero-order chi connectivity index (χ0) is 18.5. The summed E-state index contributed by atoms with van der Waals surface area (Å²) in [5.41, 5.74) is 8.53. The van der Waals surface area contributed by atoms with E-state index in [9.17, 15) is 4.79 Å². The van der Waals surface area contributed by atoms with E-state index < -0.39 is 0 Å². The van der Waals surface area contributed by atoms with Gasteiger partial charge < -0.3 is 26.2 Å². The monoisotopic (exact) mass is 349 g/mol. The number of rotatable bonds is 6. The molecule has 132 valence electrons. The van der Waals surface area contributed by atoms with Crippen molar-refractivity contribution >= 4 is 28.7 Å². The van der Waals surface area contributed by atoms with Gasteiger partial charge in [0.1, 0.15) is 17.1 Å². The number of nitrogens with one attached hydrogen (secondary N) is 3. The molecule has 0 radical (unpaired) electrons. The van der Waals surface area contributed by atoms with Crippen LogP contribution in [0.4, 0.5) is 0 Å². The highest BCUT2D eigenvalue weighted by atomic mass is 16.5. The molecule has 2 heterocycles. The summed E-state index contributed by atoms with van der Waals surface area (Å²) < 4.78 is 5.12. The number of nitrogens with two attached hydrogens (primary N) is 1. The van der Waals surface area contributed by atoms with Gasteiger partial charge in [-0.25, -0.2) is 4.98 Å². The van der Waals surface area contributed by atoms with Crippen LogP contribution in [0.2, 0.25) is 0 Å². The van der Waals surface area contributed by atoms with Crippen LogP contribution >= 0.6 is 0 Å². The van der Waals surface area contributed by atoms with Crippen molar-refractivity contribution < 1.29 is 9.53 Å². The van der Waals surface area contributed by atoms with E-state index in [4.69, 9.17) is 15.9 Å². The SMILES string of the molecule is COc1ccc(CNC(=O)c2cc3ccc(/C(C=N)=C/N)nc3[nH]2)cc1. The third-order valence-electron chi connectivity index (χ3n) is 3.97. The predicted octanol–water partition coefficient (Wildman–Crippen LogP) is 2.45. The Hall–Kier alpha value is -3.61. The zero-order valence-electron chi connectivity index (χ0n) is 14.2. The summed E-state index contributed by atoms with van der Waals surface area (Å²) in [5, 5.41) is 11.0. The van der Waals surface area contributed by atoms with Gasteiger partial charge in [-0.3, -0.25) is 4.79 Å². The number of allylic oxidation sites excluding steroid dienone is 1. The largest absolute Gasteiger partial charge is 0.497 e. The molecule has 0 aliphatic heterocycles. The fourth-order valence-electron chi connectivity index (χ4n) is 2.52. The van der Waals surface area contributed by atoms with Crippen LogP contribution in [0.5, 0.6) is 5.75 Å². The minimum atomic E-state index is -0.220. The Morgan fingerprint density at radius 1 is 1.31 bits per heavy atom. The number of amides is 1. The van der Waals surface area contributed by atoms with Crippen molar-refractivity contribution in [2.45, 2.75) is 6.54 Å². The van der Waals surface area contributed by atoms with E-state index in [2.05, 4.69) is 15.3 Å². The third kappa shape index (κ3) is 3.56. The maximum Gasteiger partial charge on any atom is 0.268 e. The van der Waals surface area contributed by atoms with Crippen molar-refractivity contribution in [3.05, 3.63) is 65.6 Å². The number of H-pyrrole nitrogens is 1. The second-order valence-corrected chi connectivity index (χ2v) is 5.61.